The second-order valence-electron chi connectivity index (χ2n) is 4.40. The molecule has 110 valence electrons. The summed E-state index contributed by atoms with van der Waals surface area (Å²) in [6, 6.07) is 9.08. The molecule has 0 saturated carbocycles. The number of pyridine rings is 1. The monoisotopic (exact) mass is 360 g/mol. The lowest BCUT2D eigenvalue weighted by atomic mass is 10.2. The van der Waals surface area contributed by atoms with E-state index in [-0.39, 0.29) is 5.91 Å². The predicted octanol–water partition coefficient (Wildman–Crippen LogP) is 3.42. The van der Waals surface area contributed by atoms with Crippen molar-refractivity contribution in [3.63, 3.8) is 0 Å². The number of benzene rings is 1. The van der Waals surface area contributed by atoms with Crippen LogP contribution in [0.3, 0.4) is 0 Å². The van der Waals surface area contributed by atoms with Crippen LogP contribution >= 0.6 is 15.9 Å². The van der Waals surface area contributed by atoms with Crippen LogP contribution in [0.2, 0.25) is 0 Å². The third-order valence-corrected chi connectivity index (χ3v) is 3.59. The van der Waals surface area contributed by atoms with Crippen molar-refractivity contribution in [1.29, 1.82) is 0 Å². The number of hydrogen-bond acceptors (Lipinski definition) is 3. The minimum Gasteiger partial charge on any atom is -0.319 e. The molecule has 1 amide bonds. The smallest absolute Gasteiger partial charge is 0.256 e. The summed E-state index contributed by atoms with van der Waals surface area (Å²) in [6.45, 7) is 0. The number of halogens is 2. The maximum atomic E-state index is 13.1. The van der Waals surface area contributed by atoms with Crippen LogP contribution in [0.15, 0.2) is 59.5 Å². The van der Waals surface area contributed by atoms with Gasteiger partial charge in [0, 0.05) is 23.1 Å². The molecule has 0 bridgehead atoms. The van der Waals surface area contributed by atoms with Gasteiger partial charge in [-0.15, -0.1) is 0 Å². The molecule has 5 nitrogen and oxygen atoms in total. The molecule has 0 aliphatic carbocycles. The van der Waals surface area contributed by atoms with Gasteiger partial charge in [-0.3, -0.25) is 4.79 Å². The minimum absolute atomic E-state index is 0.330. The first-order valence-corrected chi connectivity index (χ1v) is 7.16. The highest BCUT2D eigenvalue weighted by atomic mass is 79.9. The van der Waals surface area contributed by atoms with Crippen molar-refractivity contribution in [3.8, 4) is 5.82 Å². The largest absolute Gasteiger partial charge is 0.319 e. The molecule has 0 aliphatic heterocycles. The lowest BCUT2D eigenvalue weighted by Gasteiger charge is -2.10. The normalized spacial score (nSPS) is 10.5. The highest BCUT2D eigenvalue weighted by Gasteiger charge is 2.14. The van der Waals surface area contributed by atoms with Crippen molar-refractivity contribution < 1.29 is 9.18 Å². The Balaban J connectivity index is 1.92. The summed E-state index contributed by atoms with van der Waals surface area (Å²) in [4.78, 5) is 16.6. The highest BCUT2D eigenvalue weighted by Crippen LogP contribution is 2.21. The van der Waals surface area contributed by atoms with Crippen LogP contribution in [0.5, 0.6) is 0 Å². The average molecular weight is 361 g/mol. The Morgan fingerprint density at radius 3 is 2.82 bits per heavy atom. The maximum absolute atomic E-state index is 13.1. The standard InChI is InChI=1S/C15H10BrFN4O/c16-12-9-10(17)4-5-11(12)15(22)20-13-3-1-6-18-14(13)21-8-2-7-19-21/h1-9H,(H,20,22). The number of amides is 1. The van der Waals surface area contributed by atoms with Crippen molar-refractivity contribution in [3.05, 3.63) is 70.8 Å². The number of nitrogens with zero attached hydrogens (tertiary/aromatic N) is 3. The van der Waals surface area contributed by atoms with Gasteiger partial charge in [0.05, 0.1) is 11.3 Å². The molecule has 1 N–H and O–H groups in total. The van der Waals surface area contributed by atoms with Crippen LogP contribution in [0.4, 0.5) is 10.1 Å². The number of hydrogen-bond donors (Lipinski definition) is 1. The zero-order valence-electron chi connectivity index (χ0n) is 11.2. The van der Waals surface area contributed by atoms with E-state index in [1.54, 1.807) is 41.5 Å². The molecule has 3 rings (SSSR count). The van der Waals surface area contributed by atoms with Crippen molar-refractivity contribution in [1.82, 2.24) is 14.8 Å². The van der Waals surface area contributed by atoms with Gasteiger partial charge in [-0.1, -0.05) is 0 Å². The number of anilines is 1. The second kappa shape index (κ2) is 6.07. The van der Waals surface area contributed by atoms with Gasteiger partial charge < -0.3 is 5.32 Å². The Labute approximate surface area is 133 Å². The number of carbonyl (C=O) groups excluding carboxylic acids is 1. The molecule has 0 unspecified atom stereocenters. The molecule has 0 atom stereocenters. The van der Waals surface area contributed by atoms with E-state index in [0.717, 1.165) is 0 Å². The third kappa shape index (κ3) is 2.89. The first kappa shape index (κ1) is 14.4. The summed E-state index contributed by atoms with van der Waals surface area (Å²) in [7, 11) is 0. The summed E-state index contributed by atoms with van der Waals surface area (Å²) in [5.74, 6) is -0.283. The summed E-state index contributed by atoms with van der Waals surface area (Å²) < 4.78 is 15.0. The van der Waals surface area contributed by atoms with Crippen LogP contribution in [0.1, 0.15) is 10.4 Å². The van der Waals surface area contributed by atoms with Crippen LogP contribution in [0, 0.1) is 5.82 Å². The van der Waals surface area contributed by atoms with Crippen molar-refractivity contribution in [2.45, 2.75) is 0 Å². The summed E-state index contributed by atoms with van der Waals surface area (Å²) >= 11 is 3.18. The first-order valence-electron chi connectivity index (χ1n) is 6.36. The van der Waals surface area contributed by atoms with Gasteiger partial charge in [0.25, 0.3) is 5.91 Å². The molecule has 2 aromatic heterocycles. The van der Waals surface area contributed by atoms with Gasteiger partial charge in [-0.25, -0.2) is 14.1 Å². The molecule has 3 aromatic rings. The SMILES string of the molecule is O=C(Nc1cccnc1-n1cccn1)c1ccc(F)cc1Br. The fourth-order valence-electron chi connectivity index (χ4n) is 1.93. The van der Waals surface area contributed by atoms with E-state index in [0.29, 0.717) is 21.5 Å². The second-order valence-corrected chi connectivity index (χ2v) is 5.26. The molecule has 0 radical (unpaired) electrons. The lowest BCUT2D eigenvalue weighted by Crippen LogP contribution is -2.15. The molecule has 0 aliphatic rings. The van der Waals surface area contributed by atoms with E-state index in [4.69, 9.17) is 0 Å². The third-order valence-electron chi connectivity index (χ3n) is 2.93. The molecule has 2 heterocycles. The summed E-state index contributed by atoms with van der Waals surface area (Å²) in [6.07, 6.45) is 4.96. The molecular formula is C15H10BrFN4O. The van der Waals surface area contributed by atoms with E-state index in [1.165, 1.54) is 18.2 Å². The van der Waals surface area contributed by atoms with Gasteiger partial charge in [0.1, 0.15) is 5.82 Å². The van der Waals surface area contributed by atoms with Gasteiger partial charge in [-0.05, 0) is 52.3 Å². The Morgan fingerprint density at radius 2 is 2.09 bits per heavy atom. The fourth-order valence-corrected chi connectivity index (χ4v) is 2.47. The molecule has 1 aromatic carbocycles. The van der Waals surface area contributed by atoms with Crippen molar-refractivity contribution in [2.24, 2.45) is 0 Å². The molecule has 0 saturated heterocycles. The average Bonchev–Trinajstić information content (AvgIpc) is 3.01. The van der Waals surface area contributed by atoms with Gasteiger partial charge in [-0.2, -0.15) is 5.10 Å². The van der Waals surface area contributed by atoms with Crippen LogP contribution in [-0.4, -0.2) is 20.7 Å². The van der Waals surface area contributed by atoms with E-state index >= 15 is 0 Å². The number of aromatic nitrogens is 3. The first-order chi connectivity index (χ1) is 10.6. The highest BCUT2D eigenvalue weighted by molar-refractivity contribution is 9.10. The minimum atomic E-state index is -0.415. The van der Waals surface area contributed by atoms with Gasteiger partial charge in [0.15, 0.2) is 5.82 Å². The van der Waals surface area contributed by atoms with Crippen LogP contribution < -0.4 is 5.32 Å². The fraction of sp³-hybridized carbons (Fsp3) is 0. The van der Waals surface area contributed by atoms with Crippen LogP contribution in [0.25, 0.3) is 5.82 Å². The predicted molar refractivity (Wildman–Crippen MR) is 83.4 cm³/mol. The van der Waals surface area contributed by atoms with Crippen molar-refractivity contribution in [2.75, 3.05) is 5.32 Å². The molecule has 0 spiro atoms. The quantitative estimate of drug-likeness (QED) is 0.778. The summed E-state index contributed by atoms with van der Waals surface area (Å²) in [5, 5.41) is 6.86. The zero-order valence-corrected chi connectivity index (χ0v) is 12.8. The van der Waals surface area contributed by atoms with Gasteiger partial charge in [0.2, 0.25) is 0 Å². The van der Waals surface area contributed by atoms with E-state index in [9.17, 15) is 9.18 Å². The molecular weight excluding hydrogens is 351 g/mol. The topological polar surface area (TPSA) is 59.8 Å². The Bertz CT molecular complexity index is 820. The maximum Gasteiger partial charge on any atom is 0.256 e. The molecule has 22 heavy (non-hydrogen) atoms. The van der Waals surface area contributed by atoms with E-state index < -0.39 is 5.82 Å². The molecule has 7 heteroatoms. The lowest BCUT2D eigenvalue weighted by molar-refractivity contribution is 0.102. The summed E-state index contributed by atoms with van der Waals surface area (Å²) in [5.41, 5.74) is 0.837. The Morgan fingerprint density at radius 1 is 1.23 bits per heavy atom. The number of carbonyl (C=O) groups is 1. The Hall–Kier alpha value is -2.54. The van der Waals surface area contributed by atoms with Gasteiger partial charge >= 0.3 is 0 Å². The van der Waals surface area contributed by atoms with E-state index in [2.05, 4.69) is 31.3 Å². The van der Waals surface area contributed by atoms with Crippen molar-refractivity contribution >= 4 is 27.5 Å². The number of rotatable bonds is 3. The van der Waals surface area contributed by atoms with Crippen LogP contribution in [-0.2, 0) is 0 Å². The number of nitrogens with one attached hydrogen (secondary N) is 1. The molecule has 0 fully saturated rings. The zero-order chi connectivity index (χ0) is 15.5. The Kier molecular flexibility index (Phi) is 3.97. The van der Waals surface area contributed by atoms with E-state index in [1.807, 2.05) is 0 Å².